The van der Waals surface area contributed by atoms with E-state index >= 15 is 0 Å². The van der Waals surface area contributed by atoms with E-state index in [-0.39, 0.29) is 10.9 Å². The van der Waals surface area contributed by atoms with Crippen molar-refractivity contribution in [2.75, 3.05) is 38.6 Å². The minimum atomic E-state index is -0.460. The number of rotatable bonds is 6. The molecule has 2 aliphatic heterocycles. The Kier molecular flexibility index (Phi) is 7.78. The fraction of sp³-hybridized carbons (Fsp3) is 0.542. The quantitative estimate of drug-likeness (QED) is 0.683. The van der Waals surface area contributed by atoms with Crippen LogP contribution in [0.4, 0.5) is 10.2 Å². The smallest absolute Gasteiger partial charge is 0.272 e. The van der Waals surface area contributed by atoms with E-state index in [1.54, 1.807) is 13.2 Å². The number of nitrogens with one attached hydrogen (secondary N) is 1. The third-order valence-electron chi connectivity index (χ3n) is 6.81. The fourth-order valence-electron chi connectivity index (χ4n) is 4.74. The first-order valence-electron chi connectivity index (χ1n) is 11.5. The summed E-state index contributed by atoms with van der Waals surface area (Å²) in [5.41, 5.74) is 1.84. The standard InChI is InChI=1S/C24H31ClFN5O2/c1-16-22(28-15-29-23(16)27-14-17-3-4-20(25)21(26)13-17)24(32)31-9-5-18(6-10-31)30-11-7-19(33-2)8-12-30/h3-4,13,15,18-19H,5-12,14H2,1-2H3,(H,27,28,29). The maximum absolute atomic E-state index is 13.7. The largest absolute Gasteiger partial charge is 0.381 e. The summed E-state index contributed by atoms with van der Waals surface area (Å²) in [5.74, 6) is 0.0457. The molecule has 9 heteroatoms. The zero-order chi connectivity index (χ0) is 23.4. The third-order valence-corrected chi connectivity index (χ3v) is 7.12. The van der Waals surface area contributed by atoms with Crippen LogP contribution in [0.25, 0.3) is 0 Å². The van der Waals surface area contributed by atoms with Crippen molar-refractivity contribution in [3.63, 3.8) is 0 Å². The van der Waals surface area contributed by atoms with Crippen LogP contribution in [0.3, 0.4) is 0 Å². The van der Waals surface area contributed by atoms with Crippen LogP contribution in [0.2, 0.25) is 5.02 Å². The molecule has 0 unspecified atom stereocenters. The number of likely N-dealkylation sites (tertiary alicyclic amines) is 2. The van der Waals surface area contributed by atoms with Gasteiger partial charge in [-0.3, -0.25) is 4.79 Å². The molecule has 2 saturated heterocycles. The molecule has 33 heavy (non-hydrogen) atoms. The first-order chi connectivity index (χ1) is 16.0. The second-order valence-corrected chi connectivity index (χ2v) is 9.20. The highest BCUT2D eigenvalue weighted by atomic mass is 35.5. The zero-order valence-electron chi connectivity index (χ0n) is 19.2. The van der Waals surface area contributed by atoms with Crippen LogP contribution in [0, 0.1) is 12.7 Å². The first kappa shape index (κ1) is 23.9. The van der Waals surface area contributed by atoms with Gasteiger partial charge in [0.05, 0.1) is 11.1 Å². The normalized spacial score (nSPS) is 18.5. The summed E-state index contributed by atoms with van der Waals surface area (Å²) in [4.78, 5) is 26.2. The van der Waals surface area contributed by atoms with Crippen molar-refractivity contribution in [3.05, 3.63) is 52.2 Å². The third kappa shape index (κ3) is 5.62. The second kappa shape index (κ2) is 10.8. The number of hydrogen-bond donors (Lipinski definition) is 1. The van der Waals surface area contributed by atoms with Crippen molar-refractivity contribution in [3.8, 4) is 0 Å². The Morgan fingerprint density at radius 2 is 1.91 bits per heavy atom. The molecule has 2 fully saturated rings. The van der Waals surface area contributed by atoms with Gasteiger partial charge < -0.3 is 19.9 Å². The molecule has 0 saturated carbocycles. The minimum absolute atomic E-state index is 0.0629. The van der Waals surface area contributed by atoms with Gasteiger partial charge in [-0.1, -0.05) is 17.7 Å². The van der Waals surface area contributed by atoms with E-state index in [0.717, 1.165) is 57.4 Å². The number of halogens is 2. The maximum Gasteiger partial charge on any atom is 0.272 e. The van der Waals surface area contributed by atoms with Gasteiger partial charge in [-0.25, -0.2) is 14.4 Å². The lowest BCUT2D eigenvalue weighted by molar-refractivity contribution is 0.0144. The highest BCUT2D eigenvalue weighted by molar-refractivity contribution is 6.30. The summed E-state index contributed by atoms with van der Waals surface area (Å²) < 4.78 is 19.2. The Hall–Kier alpha value is -2.29. The van der Waals surface area contributed by atoms with E-state index in [9.17, 15) is 9.18 Å². The van der Waals surface area contributed by atoms with Crippen molar-refractivity contribution in [2.45, 2.75) is 51.3 Å². The summed E-state index contributed by atoms with van der Waals surface area (Å²) in [6.45, 7) is 5.78. The molecule has 0 radical (unpaired) electrons. The molecule has 178 valence electrons. The molecule has 0 atom stereocenters. The summed E-state index contributed by atoms with van der Waals surface area (Å²) in [5, 5.41) is 3.27. The monoisotopic (exact) mass is 475 g/mol. The lowest BCUT2D eigenvalue weighted by Gasteiger charge is -2.41. The van der Waals surface area contributed by atoms with Gasteiger partial charge >= 0.3 is 0 Å². The molecule has 1 amide bonds. The number of amides is 1. The van der Waals surface area contributed by atoms with Gasteiger partial charge in [-0.05, 0) is 50.3 Å². The molecule has 2 aliphatic rings. The lowest BCUT2D eigenvalue weighted by Crippen LogP contribution is -2.49. The summed E-state index contributed by atoms with van der Waals surface area (Å²) in [7, 11) is 1.79. The van der Waals surface area contributed by atoms with Gasteiger partial charge in [-0.15, -0.1) is 0 Å². The number of aromatic nitrogens is 2. The lowest BCUT2D eigenvalue weighted by atomic mass is 9.98. The summed E-state index contributed by atoms with van der Waals surface area (Å²) in [6.07, 6.45) is 5.88. The molecular weight excluding hydrogens is 445 g/mol. The van der Waals surface area contributed by atoms with E-state index in [2.05, 4.69) is 20.2 Å². The number of piperidine rings is 2. The molecule has 0 aliphatic carbocycles. The first-order valence-corrected chi connectivity index (χ1v) is 11.9. The van der Waals surface area contributed by atoms with Gasteiger partial charge in [0.2, 0.25) is 0 Å². The number of nitrogens with zero attached hydrogens (tertiary/aromatic N) is 4. The molecule has 1 N–H and O–H groups in total. The Morgan fingerprint density at radius 1 is 1.18 bits per heavy atom. The highest BCUT2D eigenvalue weighted by Crippen LogP contribution is 2.24. The predicted molar refractivity (Wildman–Crippen MR) is 126 cm³/mol. The van der Waals surface area contributed by atoms with Crippen molar-refractivity contribution < 1.29 is 13.9 Å². The number of methoxy groups -OCH3 is 1. The van der Waals surface area contributed by atoms with Crippen LogP contribution in [0.5, 0.6) is 0 Å². The minimum Gasteiger partial charge on any atom is -0.381 e. The molecule has 0 bridgehead atoms. The Bertz CT molecular complexity index is 975. The molecule has 2 aromatic rings. The maximum atomic E-state index is 13.7. The number of benzene rings is 1. The number of anilines is 1. The van der Waals surface area contributed by atoms with Gasteiger partial charge in [-0.2, -0.15) is 0 Å². The van der Waals surface area contributed by atoms with Gasteiger partial charge in [0.1, 0.15) is 23.7 Å². The zero-order valence-corrected chi connectivity index (χ0v) is 19.9. The summed E-state index contributed by atoms with van der Waals surface area (Å²) in [6, 6.07) is 5.19. The molecule has 1 aromatic carbocycles. The summed E-state index contributed by atoms with van der Waals surface area (Å²) >= 11 is 5.75. The van der Waals surface area contributed by atoms with Crippen LogP contribution < -0.4 is 5.32 Å². The molecule has 3 heterocycles. The van der Waals surface area contributed by atoms with Crippen molar-refractivity contribution in [1.82, 2.24) is 19.8 Å². The van der Waals surface area contributed by atoms with Crippen LogP contribution in [-0.2, 0) is 11.3 Å². The number of carbonyl (C=O) groups is 1. The van der Waals surface area contributed by atoms with E-state index < -0.39 is 5.82 Å². The predicted octanol–water partition coefficient (Wildman–Crippen LogP) is 3.91. The number of carbonyl (C=O) groups excluding carboxylic acids is 1. The van der Waals surface area contributed by atoms with E-state index in [1.807, 2.05) is 11.8 Å². The molecule has 1 aromatic heterocycles. The Balaban J connectivity index is 1.34. The average molecular weight is 476 g/mol. The number of ether oxygens (including phenoxy) is 1. The van der Waals surface area contributed by atoms with Crippen molar-refractivity contribution >= 4 is 23.3 Å². The van der Waals surface area contributed by atoms with Crippen LogP contribution in [-0.4, -0.2) is 71.1 Å². The number of hydrogen-bond acceptors (Lipinski definition) is 6. The molecule has 4 rings (SSSR count). The van der Waals surface area contributed by atoms with Crippen molar-refractivity contribution in [1.29, 1.82) is 0 Å². The van der Waals surface area contributed by atoms with Crippen LogP contribution in [0.15, 0.2) is 24.5 Å². The second-order valence-electron chi connectivity index (χ2n) is 8.79. The fourth-order valence-corrected chi connectivity index (χ4v) is 4.86. The highest BCUT2D eigenvalue weighted by Gasteiger charge is 2.31. The topological polar surface area (TPSA) is 70.6 Å². The SMILES string of the molecule is COC1CCN(C2CCN(C(=O)c3ncnc(NCc4ccc(Cl)c(F)c4)c3C)CC2)CC1. The Labute approximate surface area is 199 Å². The van der Waals surface area contributed by atoms with Gasteiger partial charge in [0.25, 0.3) is 5.91 Å². The van der Waals surface area contributed by atoms with E-state index in [1.165, 1.54) is 18.5 Å². The van der Waals surface area contributed by atoms with Gasteiger partial charge in [0.15, 0.2) is 0 Å². The van der Waals surface area contributed by atoms with Crippen LogP contribution >= 0.6 is 11.6 Å². The van der Waals surface area contributed by atoms with E-state index in [4.69, 9.17) is 16.3 Å². The molecule has 0 spiro atoms. The van der Waals surface area contributed by atoms with Crippen LogP contribution in [0.1, 0.15) is 47.3 Å². The molecular formula is C24H31ClFN5O2. The van der Waals surface area contributed by atoms with Crippen molar-refractivity contribution in [2.24, 2.45) is 0 Å². The molecule has 7 nitrogen and oxygen atoms in total. The average Bonchev–Trinajstić information content (AvgIpc) is 2.85. The Morgan fingerprint density at radius 3 is 2.58 bits per heavy atom. The van der Waals surface area contributed by atoms with Gasteiger partial charge in [0, 0.05) is 51.4 Å². The van der Waals surface area contributed by atoms with E-state index in [0.29, 0.717) is 35.8 Å².